The lowest BCUT2D eigenvalue weighted by Crippen LogP contribution is -1.89. The number of nitrogens with zero attached hydrogens (tertiary/aromatic N) is 2. The van der Waals surface area contributed by atoms with Gasteiger partial charge in [-0.25, -0.2) is 4.98 Å². The second kappa shape index (κ2) is 4.51. The maximum absolute atomic E-state index is 8.90. The van der Waals surface area contributed by atoms with E-state index in [9.17, 15) is 0 Å². The number of benzene rings is 1. The van der Waals surface area contributed by atoms with Gasteiger partial charge < -0.3 is 9.67 Å². The van der Waals surface area contributed by atoms with Crippen LogP contribution >= 0.6 is 11.8 Å². The van der Waals surface area contributed by atoms with Crippen molar-refractivity contribution < 1.29 is 5.11 Å². The molecule has 3 nitrogen and oxygen atoms in total. The number of thioether (sulfide) groups is 1. The summed E-state index contributed by atoms with van der Waals surface area (Å²) in [5, 5.41) is 8.90. The van der Waals surface area contributed by atoms with Crippen molar-refractivity contribution in [2.24, 2.45) is 0 Å². The minimum absolute atomic E-state index is 0.0180. The normalized spacial score (nSPS) is 10.5. The summed E-state index contributed by atoms with van der Waals surface area (Å²) in [6.45, 7) is -0.0180. The van der Waals surface area contributed by atoms with Crippen molar-refractivity contribution in [2.45, 2.75) is 11.5 Å². The van der Waals surface area contributed by atoms with Crippen LogP contribution in [0.5, 0.6) is 0 Å². The lowest BCUT2D eigenvalue weighted by molar-refractivity contribution is 0.277. The van der Waals surface area contributed by atoms with Crippen LogP contribution in [0.4, 0.5) is 0 Å². The Morgan fingerprint density at radius 2 is 2.07 bits per heavy atom. The molecule has 0 saturated heterocycles. The van der Waals surface area contributed by atoms with Gasteiger partial charge in [-0.3, -0.25) is 0 Å². The van der Waals surface area contributed by atoms with Crippen LogP contribution in [0.3, 0.4) is 0 Å². The molecular formula is C11H12N2OS. The summed E-state index contributed by atoms with van der Waals surface area (Å²) in [4.78, 5) is 5.30. The molecular weight excluding hydrogens is 208 g/mol. The molecule has 0 amide bonds. The Kier molecular flexibility index (Phi) is 3.08. The van der Waals surface area contributed by atoms with Crippen LogP contribution in [-0.2, 0) is 6.61 Å². The number of aromatic nitrogens is 2. The molecule has 0 unspecified atom stereocenters. The fourth-order valence-electron chi connectivity index (χ4n) is 1.34. The fraction of sp³-hybridized carbons (Fsp3) is 0.182. The molecule has 0 spiro atoms. The Hall–Kier alpha value is -1.26. The number of aliphatic hydroxyl groups is 1. The van der Waals surface area contributed by atoms with E-state index >= 15 is 0 Å². The van der Waals surface area contributed by atoms with Gasteiger partial charge in [0.15, 0.2) is 0 Å². The number of hydrogen-bond acceptors (Lipinski definition) is 3. The molecule has 1 aromatic carbocycles. The highest BCUT2D eigenvalue weighted by Crippen LogP contribution is 2.17. The Balaban J connectivity index is 2.28. The molecule has 0 fully saturated rings. The molecule has 0 saturated carbocycles. The SMILES string of the molecule is CSc1ccc(-n2cnc(CO)c2)cc1. The predicted molar refractivity (Wildman–Crippen MR) is 61.3 cm³/mol. The van der Waals surface area contributed by atoms with Crippen molar-refractivity contribution in [3.8, 4) is 5.69 Å². The minimum atomic E-state index is -0.0180. The molecule has 0 aliphatic rings. The van der Waals surface area contributed by atoms with E-state index in [4.69, 9.17) is 5.11 Å². The van der Waals surface area contributed by atoms with E-state index in [-0.39, 0.29) is 6.61 Å². The van der Waals surface area contributed by atoms with Gasteiger partial charge >= 0.3 is 0 Å². The van der Waals surface area contributed by atoms with Gasteiger partial charge in [-0.1, -0.05) is 0 Å². The van der Waals surface area contributed by atoms with Crippen LogP contribution in [-0.4, -0.2) is 20.9 Å². The first-order valence-electron chi connectivity index (χ1n) is 4.61. The van der Waals surface area contributed by atoms with E-state index in [2.05, 4.69) is 23.4 Å². The summed E-state index contributed by atoms with van der Waals surface area (Å²) in [5.74, 6) is 0. The number of rotatable bonds is 3. The summed E-state index contributed by atoms with van der Waals surface area (Å²) < 4.78 is 1.90. The zero-order valence-electron chi connectivity index (χ0n) is 8.42. The largest absolute Gasteiger partial charge is 0.390 e. The third-order valence-electron chi connectivity index (χ3n) is 2.17. The van der Waals surface area contributed by atoms with Crippen LogP contribution < -0.4 is 0 Å². The zero-order valence-corrected chi connectivity index (χ0v) is 9.24. The molecule has 78 valence electrons. The second-order valence-corrected chi connectivity index (χ2v) is 4.01. The topological polar surface area (TPSA) is 38.0 Å². The van der Waals surface area contributed by atoms with Gasteiger partial charge in [-0.2, -0.15) is 0 Å². The standard InChI is InChI=1S/C11H12N2OS/c1-15-11-4-2-10(3-5-11)13-6-9(7-14)12-8-13/h2-6,8,14H,7H2,1H3. The smallest absolute Gasteiger partial charge is 0.0996 e. The highest BCUT2D eigenvalue weighted by Gasteiger charge is 1.99. The van der Waals surface area contributed by atoms with Crippen LogP contribution in [0, 0.1) is 0 Å². The average molecular weight is 220 g/mol. The molecule has 15 heavy (non-hydrogen) atoms. The summed E-state index contributed by atoms with van der Waals surface area (Å²) in [6.07, 6.45) is 5.59. The van der Waals surface area contributed by atoms with Crippen molar-refractivity contribution in [1.82, 2.24) is 9.55 Å². The van der Waals surface area contributed by atoms with Gasteiger partial charge in [-0.05, 0) is 30.5 Å². The first-order chi connectivity index (χ1) is 7.33. The molecule has 2 aromatic rings. The Morgan fingerprint density at radius 3 is 2.60 bits per heavy atom. The van der Waals surface area contributed by atoms with E-state index in [1.165, 1.54) is 4.90 Å². The van der Waals surface area contributed by atoms with Crippen molar-refractivity contribution in [3.05, 3.63) is 42.5 Å². The summed E-state index contributed by atoms with van der Waals surface area (Å²) in [5.41, 5.74) is 1.74. The van der Waals surface area contributed by atoms with Gasteiger partial charge in [-0.15, -0.1) is 11.8 Å². The van der Waals surface area contributed by atoms with Crippen LogP contribution in [0.25, 0.3) is 5.69 Å². The van der Waals surface area contributed by atoms with Gasteiger partial charge in [0.1, 0.15) is 0 Å². The Morgan fingerprint density at radius 1 is 1.33 bits per heavy atom. The first kappa shape index (κ1) is 10.3. The van der Waals surface area contributed by atoms with Gasteiger partial charge in [0.05, 0.1) is 18.6 Å². The van der Waals surface area contributed by atoms with Gasteiger partial charge in [0.25, 0.3) is 0 Å². The molecule has 4 heteroatoms. The highest BCUT2D eigenvalue weighted by atomic mass is 32.2. The highest BCUT2D eigenvalue weighted by molar-refractivity contribution is 7.98. The number of aliphatic hydroxyl groups excluding tert-OH is 1. The van der Waals surface area contributed by atoms with Crippen molar-refractivity contribution in [1.29, 1.82) is 0 Å². The fourth-order valence-corrected chi connectivity index (χ4v) is 1.75. The molecule has 0 aliphatic heterocycles. The van der Waals surface area contributed by atoms with E-state index in [0.717, 1.165) is 5.69 Å². The molecule has 1 aromatic heterocycles. The molecule has 1 heterocycles. The van der Waals surface area contributed by atoms with Crippen molar-refractivity contribution in [3.63, 3.8) is 0 Å². The minimum Gasteiger partial charge on any atom is -0.390 e. The zero-order chi connectivity index (χ0) is 10.7. The summed E-state index contributed by atoms with van der Waals surface area (Å²) >= 11 is 1.72. The van der Waals surface area contributed by atoms with E-state index < -0.39 is 0 Å². The Bertz CT molecular complexity index is 436. The maximum atomic E-state index is 8.90. The first-order valence-corrected chi connectivity index (χ1v) is 5.84. The van der Waals surface area contributed by atoms with E-state index in [1.54, 1.807) is 18.1 Å². The monoisotopic (exact) mass is 220 g/mol. The van der Waals surface area contributed by atoms with E-state index in [1.807, 2.05) is 22.9 Å². The van der Waals surface area contributed by atoms with E-state index in [0.29, 0.717) is 5.69 Å². The lowest BCUT2D eigenvalue weighted by Gasteiger charge is -2.02. The molecule has 1 N–H and O–H groups in total. The molecule has 2 rings (SSSR count). The molecule has 0 aliphatic carbocycles. The average Bonchev–Trinajstić information content (AvgIpc) is 2.78. The second-order valence-electron chi connectivity index (χ2n) is 3.13. The van der Waals surface area contributed by atoms with Crippen LogP contribution in [0.1, 0.15) is 5.69 Å². The van der Waals surface area contributed by atoms with Crippen molar-refractivity contribution >= 4 is 11.8 Å². The van der Waals surface area contributed by atoms with Crippen LogP contribution in [0.15, 0.2) is 41.7 Å². The molecule has 0 atom stereocenters. The van der Waals surface area contributed by atoms with Gasteiger partial charge in [0.2, 0.25) is 0 Å². The third-order valence-corrected chi connectivity index (χ3v) is 2.91. The van der Waals surface area contributed by atoms with Crippen molar-refractivity contribution in [2.75, 3.05) is 6.26 Å². The lowest BCUT2D eigenvalue weighted by atomic mass is 10.3. The number of hydrogen-bond donors (Lipinski definition) is 1. The third kappa shape index (κ3) is 2.22. The molecule has 0 radical (unpaired) electrons. The quantitative estimate of drug-likeness (QED) is 0.805. The maximum Gasteiger partial charge on any atom is 0.0996 e. The molecule has 0 bridgehead atoms. The number of imidazole rings is 1. The summed E-state index contributed by atoms with van der Waals surface area (Å²) in [6, 6.07) is 8.21. The predicted octanol–water partition coefficient (Wildman–Crippen LogP) is 2.09. The Labute approximate surface area is 92.8 Å². The van der Waals surface area contributed by atoms with Crippen LogP contribution in [0.2, 0.25) is 0 Å². The van der Waals surface area contributed by atoms with Gasteiger partial charge in [0, 0.05) is 16.8 Å². The summed E-state index contributed by atoms with van der Waals surface area (Å²) in [7, 11) is 0.